The summed E-state index contributed by atoms with van der Waals surface area (Å²) in [5.41, 5.74) is 0.372. The van der Waals surface area contributed by atoms with Crippen molar-refractivity contribution in [3.05, 3.63) is 72.3 Å². The van der Waals surface area contributed by atoms with Gasteiger partial charge in [0.1, 0.15) is 5.75 Å². The second-order valence-electron chi connectivity index (χ2n) is 9.75. The number of aliphatic hydroxyl groups is 1. The Morgan fingerprint density at radius 1 is 0.976 bits per heavy atom. The van der Waals surface area contributed by atoms with Crippen molar-refractivity contribution in [2.45, 2.75) is 50.5 Å². The molecular weight excluding hydrogens is 548 g/mol. The summed E-state index contributed by atoms with van der Waals surface area (Å²) in [5, 5.41) is 33.8. The van der Waals surface area contributed by atoms with Crippen LogP contribution in [0.3, 0.4) is 0 Å². The second kappa shape index (κ2) is 15.5. The van der Waals surface area contributed by atoms with Crippen LogP contribution in [0.25, 0.3) is 11.4 Å². The Hall–Kier alpha value is -4.46. The van der Waals surface area contributed by atoms with E-state index in [4.69, 9.17) is 29.9 Å². The number of aromatic nitrogens is 3. The average molecular weight is 583 g/mol. The van der Waals surface area contributed by atoms with E-state index in [1.165, 1.54) is 0 Å². The van der Waals surface area contributed by atoms with Crippen molar-refractivity contribution < 1.29 is 44.3 Å². The lowest BCUT2D eigenvalue weighted by atomic mass is 9.96. The number of carboxylic acids is 3. The zero-order chi connectivity index (χ0) is 30.5. The number of nitrogens with zero attached hydrogens (tertiary/aromatic N) is 4. The zero-order valence-corrected chi connectivity index (χ0v) is 23.1. The van der Waals surface area contributed by atoms with Crippen molar-refractivity contribution in [3.63, 3.8) is 0 Å². The van der Waals surface area contributed by atoms with Gasteiger partial charge in [-0.05, 0) is 49.2 Å². The Bertz CT molecular complexity index is 1280. The lowest BCUT2D eigenvalue weighted by Gasteiger charge is -2.24. The maximum atomic E-state index is 10.3. The Kier molecular flexibility index (Phi) is 11.8. The van der Waals surface area contributed by atoms with Crippen LogP contribution < -0.4 is 4.74 Å². The van der Waals surface area contributed by atoms with E-state index in [-0.39, 0.29) is 0 Å². The van der Waals surface area contributed by atoms with Crippen LogP contribution in [0.15, 0.2) is 61.1 Å². The normalized spacial score (nSPS) is 14.6. The molecule has 0 radical (unpaired) electrons. The van der Waals surface area contributed by atoms with Crippen molar-refractivity contribution in [2.75, 3.05) is 20.3 Å². The van der Waals surface area contributed by atoms with Crippen molar-refractivity contribution in [2.24, 2.45) is 0 Å². The third-order valence-corrected chi connectivity index (χ3v) is 6.34. The minimum Gasteiger partial charge on any atom is -0.497 e. The van der Waals surface area contributed by atoms with Crippen LogP contribution in [-0.2, 0) is 32.2 Å². The topological polar surface area (TPSA) is 192 Å². The van der Waals surface area contributed by atoms with Gasteiger partial charge in [0, 0.05) is 56.0 Å². The number of ether oxygens (including phenoxy) is 2. The summed E-state index contributed by atoms with van der Waals surface area (Å²) in [7, 11) is 1.66. The largest absolute Gasteiger partial charge is 0.497 e. The predicted molar refractivity (Wildman–Crippen MR) is 148 cm³/mol. The molecule has 1 aromatic carbocycles. The highest BCUT2D eigenvalue weighted by Gasteiger charge is 2.40. The summed E-state index contributed by atoms with van der Waals surface area (Å²) < 4.78 is 11.1. The van der Waals surface area contributed by atoms with Crippen LogP contribution in [0.1, 0.15) is 36.9 Å². The fraction of sp³-hybridized carbons (Fsp3) is 0.379. The highest BCUT2D eigenvalue weighted by atomic mass is 16.5. The molecule has 0 amide bonds. The van der Waals surface area contributed by atoms with Gasteiger partial charge in [0.05, 0.1) is 31.7 Å². The summed E-state index contributed by atoms with van der Waals surface area (Å²) in [6.07, 6.45) is 5.92. The molecule has 1 aliphatic rings. The Morgan fingerprint density at radius 3 is 2.14 bits per heavy atom. The second-order valence-corrected chi connectivity index (χ2v) is 9.75. The number of hydrogen-bond donors (Lipinski definition) is 4. The molecule has 224 valence electrons. The number of hydrogen-bond acceptors (Lipinski definition) is 10. The van der Waals surface area contributed by atoms with Crippen molar-refractivity contribution in [1.82, 2.24) is 19.9 Å². The molecule has 1 fully saturated rings. The first kappa shape index (κ1) is 32.1. The molecule has 42 heavy (non-hydrogen) atoms. The Morgan fingerprint density at radius 2 is 1.64 bits per heavy atom. The molecule has 0 saturated carbocycles. The summed E-state index contributed by atoms with van der Waals surface area (Å²) >= 11 is 0. The van der Waals surface area contributed by atoms with Gasteiger partial charge in [0.15, 0.2) is 11.4 Å². The number of rotatable bonds is 13. The average Bonchev–Trinajstić information content (AvgIpc) is 3.46. The van der Waals surface area contributed by atoms with Crippen LogP contribution in [0.2, 0.25) is 0 Å². The number of carboxylic acid groups (broad SMARTS) is 3. The van der Waals surface area contributed by atoms with E-state index in [0.717, 1.165) is 61.7 Å². The molecule has 1 unspecified atom stereocenters. The fourth-order valence-corrected chi connectivity index (χ4v) is 4.28. The molecule has 3 heterocycles. The quantitative estimate of drug-likeness (QED) is 0.230. The number of pyridine rings is 1. The van der Waals surface area contributed by atoms with Crippen LogP contribution in [0, 0.1) is 0 Å². The molecule has 13 nitrogen and oxygen atoms in total. The minimum absolute atomic E-state index is 0.290. The highest BCUT2D eigenvalue weighted by molar-refractivity contribution is 5.88. The van der Waals surface area contributed by atoms with Gasteiger partial charge in [-0.25, -0.2) is 14.8 Å². The van der Waals surface area contributed by atoms with Gasteiger partial charge in [-0.15, -0.1) is 0 Å². The van der Waals surface area contributed by atoms with E-state index in [2.05, 4.69) is 25.9 Å². The van der Waals surface area contributed by atoms with E-state index in [1.54, 1.807) is 7.11 Å². The minimum atomic E-state index is -2.74. The van der Waals surface area contributed by atoms with Gasteiger partial charge >= 0.3 is 17.9 Å². The number of methoxy groups -OCH3 is 1. The van der Waals surface area contributed by atoms with Gasteiger partial charge in [-0.1, -0.05) is 6.07 Å². The van der Waals surface area contributed by atoms with Gasteiger partial charge < -0.3 is 29.9 Å². The van der Waals surface area contributed by atoms with E-state index in [9.17, 15) is 14.4 Å². The third-order valence-electron chi connectivity index (χ3n) is 6.34. The summed E-state index contributed by atoms with van der Waals surface area (Å²) in [5.74, 6) is -3.48. The van der Waals surface area contributed by atoms with Crippen LogP contribution >= 0.6 is 0 Å². The maximum absolute atomic E-state index is 10.3. The molecule has 1 aliphatic heterocycles. The number of carbonyl (C=O) groups is 3. The molecule has 13 heteroatoms. The summed E-state index contributed by atoms with van der Waals surface area (Å²) in [6.45, 7) is 3.29. The van der Waals surface area contributed by atoms with Crippen LogP contribution in [0.5, 0.6) is 5.75 Å². The molecule has 0 aliphatic carbocycles. The first-order chi connectivity index (χ1) is 20.1. The molecule has 4 rings (SSSR count). The SMILES string of the molecule is COc1ccc(-c2ncc(CN(Cc3ccccn3)CC3CCCO3)cn2)cc1.O=C(O)CC(O)(CC(=O)O)C(=O)O. The molecular formula is C29H34N4O9. The maximum Gasteiger partial charge on any atom is 0.336 e. The van der Waals surface area contributed by atoms with E-state index in [1.807, 2.05) is 55.0 Å². The lowest BCUT2D eigenvalue weighted by Crippen LogP contribution is -2.42. The van der Waals surface area contributed by atoms with Crippen molar-refractivity contribution >= 4 is 17.9 Å². The molecule has 4 N–H and O–H groups in total. The molecule has 1 saturated heterocycles. The fourth-order valence-electron chi connectivity index (χ4n) is 4.28. The number of aliphatic carboxylic acids is 3. The Balaban J connectivity index is 0.000000316. The standard InChI is InChI=1S/C23H26N4O2.C6H8O7/c1-28-21-9-7-19(8-10-21)23-25-13-18(14-26-23)15-27(17-22-6-4-12-29-22)16-20-5-2-3-11-24-20;7-3(8)1-6(13,5(11)12)2-4(9)10/h2-3,5,7-11,13-14,22H,4,6,12,15-17H2,1H3;13H,1-2H2,(H,7,8)(H,9,10)(H,11,12). The van der Waals surface area contributed by atoms with Crippen molar-refractivity contribution in [1.29, 1.82) is 0 Å². The van der Waals surface area contributed by atoms with E-state index in [0.29, 0.717) is 11.9 Å². The molecule has 1 atom stereocenters. The molecule has 3 aromatic rings. The monoisotopic (exact) mass is 582 g/mol. The highest BCUT2D eigenvalue weighted by Crippen LogP contribution is 2.20. The smallest absolute Gasteiger partial charge is 0.336 e. The van der Waals surface area contributed by atoms with Crippen molar-refractivity contribution in [3.8, 4) is 17.1 Å². The first-order valence-corrected chi connectivity index (χ1v) is 13.2. The van der Waals surface area contributed by atoms with Crippen LogP contribution in [0.4, 0.5) is 0 Å². The van der Waals surface area contributed by atoms with E-state index >= 15 is 0 Å². The third kappa shape index (κ3) is 10.2. The van der Waals surface area contributed by atoms with Gasteiger partial charge in [0.25, 0.3) is 0 Å². The summed E-state index contributed by atoms with van der Waals surface area (Å²) in [4.78, 5) is 46.5. The molecule has 0 bridgehead atoms. The Labute approximate surface area is 242 Å². The van der Waals surface area contributed by atoms with Gasteiger partial charge in [0.2, 0.25) is 0 Å². The molecule has 0 spiro atoms. The lowest BCUT2D eigenvalue weighted by molar-refractivity contribution is -0.170. The zero-order valence-electron chi connectivity index (χ0n) is 23.1. The van der Waals surface area contributed by atoms with Gasteiger partial charge in [-0.2, -0.15) is 0 Å². The summed E-state index contributed by atoms with van der Waals surface area (Å²) in [6, 6.07) is 13.8. The molecule has 2 aromatic heterocycles. The predicted octanol–water partition coefficient (Wildman–Crippen LogP) is 2.48. The first-order valence-electron chi connectivity index (χ1n) is 13.2. The van der Waals surface area contributed by atoms with Crippen LogP contribution in [-0.4, -0.2) is 90.2 Å². The number of benzene rings is 1. The van der Waals surface area contributed by atoms with Gasteiger partial charge in [-0.3, -0.25) is 19.5 Å². The van der Waals surface area contributed by atoms with E-state index < -0.39 is 36.4 Å².